The molecule has 2 nitrogen and oxygen atoms in total. The van der Waals surface area contributed by atoms with Gasteiger partial charge in [-0.15, -0.1) is 11.8 Å². The van der Waals surface area contributed by atoms with Gasteiger partial charge >= 0.3 is 0 Å². The standard InChI is InChI=1S/C12H24N2S/c1-11(2)15-10-14-7-5-13(6-8-14)9-12-3-4-12/h11-12H,3-10H2,1-2H3. The molecule has 0 amide bonds. The highest BCUT2D eigenvalue weighted by Crippen LogP contribution is 2.30. The van der Waals surface area contributed by atoms with Crippen LogP contribution in [0.15, 0.2) is 0 Å². The van der Waals surface area contributed by atoms with Crippen molar-refractivity contribution < 1.29 is 0 Å². The fraction of sp³-hybridized carbons (Fsp3) is 1.00. The Labute approximate surface area is 98.4 Å². The summed E-state index contributed by atoms with van der Waals surface area (Å²) in [6.07, 6.45) is 2.98. The Morgan fingerprint density at radius 2 is 1.67 bits per heavy atom. The van der Waals surface area contributed by atoms with Gasteiger partial charge in [0.2, 0.25) is 0 Å². The lowest BCUT2D eigenvalue weighted by molar-refractivity contribution is 0.144. The summed E-state index contributed by atoms with van der Waals surface area (Å²) in [6.45, 7) is 11.1. The maximum Gasteiger partial charge on any atom is 0.0447 e. The van der Waals surface area contributed by atoms with E-state index in [-0.39, 0.29) is 0 Å². The van der Waals surface area contributed by atoms with E-state index in [9.17, 15) is 0 Å². The zero-order chi connectivity index (χ0) is 10.7. The minimum absolute atomic E-state index is 0.773. The topological polar surface area (TPSA) is 6.48 Å². The van der Waals surface area contributed by atoms with Gasteiger partial charge in [-0.3, -0.25) is 4.90 Å². The van der Waals surface area contributed by atoms with Crippen molar-refractivity contribution in [3.63, 3.8) is 0 Å². The molecule has 0 N–H and O–H groups in total. The smallest absolute Gasteiger partial charge is 0.0447 e. The molecule has 2 fully saturated rings. The summed E-state index contributed by atoms with van der Waals surface area (Å²) in [6, 6.07) is 0. The molecule has 0 unspecified atom stereocenters. The van der Waals surface area contributed by atoms with Crippen molar-refractivity contribution in [1.29, 1.82) is 0 Å². The minimum Gasteiger partial charge on any atom is -0.301 e. The van der Waals surface area contributed by atoms with Gasteiger partial charge in [-0.1, -0.05) is 13.8 Å². The van der Waals surface area contributed by atoms with Crippen LogP contribution in [0.3, 0.4) is 0 Å². The SMILES string of the molecule is CC(C)SCN1CCN(CC2CC2)CC1. The second-order valence-corrected chi connectivity index (χ2v) is 6.74. The van der Waals surface area contributed by atoms with Gasteiger partial charge in [-0.05, 0) is 18.8 Å². The van der Waals surface area contributed by atoms with E-state index in [2.05, 4.69) is 35.4 Å². The maximum absolute atomic E-state index is 2.66. The molecule has 0 aromatic heterocycles. The van der Waals surface area contributed by atoms with Gasteiger partial charge < -0.3 is 4.90 Å². The fourth-order valence-electron chi connectivity index (χ4n) is 2.02. The van der Waals surface area contributed by atoms with Crippen LogP contribution in [0.4, 0.5) is 0 Å². The van der Waals surface area contributed by atoms with Gasteiger partial charge in [0.15, 0.2) is 0 Å². The Morgan fingerprint density at radius 1 is 1.07 bits per heavy atom. The van der Waals surface area contributed by atoms with Crippen LogP contribution < -0.4 is 0 Å². The lowest BCUT2D eigenvalue weighted by Crippen LogP contribution is -2.46. The highest BCUT2D eigenvalue weighted by molar-refractivity contribution is 7.99. The number of thioether (sulfide) groups is 1. The van der Waals surface area contributed by atoms with Crippen molar-refractivity contribution in [3.05, 3.63) is 0 Å². The van der Waals surface area contributed by atoms with Crippen LogP contribution in [0, 0.1) is 5.92 Å². The van der Waals surface area contributed by atoms with Gasteiger partial charge in [-0.2, -0.15) is 0 Å². The van der Waals surface area contributed by atoms with Crippen LogP contribution in [-0.2, 0) is 0 Å². The summed E-state index contributed by atoms with van der Waals surface area (Å²) in [4.78, 5) is 5.27. The first-order valence-corrected chi connectivity index (χ1v) is 7.35. The zero-order valence-electron chi connectivity index (χ0n) is 10.1. The molecule has 1 saturated carbocycles. The Bertz CT molecular complexity index is 184. The Balaban J connectivity index is 1.58. The number of hydrogen-bond donors (Lipinski definition) is 0. The average Bonchev–Trinajstić information content (AvgIpc) is 3.01. The van der Waals surface area contributed by atoms with E-state index in [1.165, 1.54) is 51.4 Å². The van der Waals surface area contributed by atoms with Crippen LogP contribution in [0.2, 0.25) is 0 Å². The quantitative estimate of drug-likeness (QED) is 0.711. The summed E-state index contributed by atoms with van der Waals surface area (Å²) in [5, 5.41) is 0.773. The molecule has 88 valence electrons. The van der Waals surface area contributed by atoms with Crippen LogP contribution >= 0.6 is 11.8 Å². The summed E-state index contributed by atoms with van der Waals surface area (Å²) < 4.78 is 0. The molecule has 2 aliphatic rings. The normalized spacial score (nSPS) is 25.0. The van der Waals surface area contributed by atoms with E-state index in [1.807, 2.05) is 0 Å². The van der Waals surface area contributed by atoms with Crippen molar-refractivity contribution in [1.82, 2.24) is 9.80 Å². The van der Waals surface area contributed by atoms with Crippen molar-refractivity contribution in [2.24, 2.45) is 5.92 Å². The molecule has 1 aliphatic carbocycles. The third kappa shape index (κ3) is 4.33. The molecule has 0 bridgehead atoms. The molecule has 0 aromatic carbocycles. The van der Waals surface area contributed by atoms with Gasteiger partial charge in [-0.25, -0.2) is 0 Å². The van der Waals surface area contributed by atoms with Crippen molar-refractivity contribution in [2.45, 2.75) is 31.9 Å². The van der Waals surface area contributed by atoms with E-state index in [0.29, 0.717) is 0 Å². The molecule has 0 radical (unpaired) electrons. The molecule has 1 saturated heterocycles. The predicted octanol–water partition coefficient (Wildman–Crippen LogP) is 2.11. The molecule has 15 heavy (non-hydrogen) atoms. The average molecular weight is 228 g/mol. The summed E-state index contributed by atoms with van der Waals surface area (Å²) >= 11 is 2.07. The largest absolute Gasteiger partial charge is 0.301 e. The summed E-state index contributed by atoms with van der Waals surface area (Å²) in [7, 11) is 0. The molecule has 0 atom stereocenters. The lowest BCUT2D eigenvalue weighted by atomic mass is 10.3. The van der Waals surface area contributed by atoms with Crippen LogP contribution in [0.25, 0.3) is 0 Å². The second kappa shape index (κ2) is 5.55. The van der Waals surface area contributed by atoms with Crippen LogP contribution in [0.5, 0.6) is 0 Å². The number of piperazine rings is 1. The van der Waals surface area contributed by atoms with E-state index in [1.54, 1.807) is 0 Å². The van der Waals surface area contributed by atoms with E-state index in [0.717, 1.165) is 11.2 Å². The molecule has 3 heteroatoms. The third-order valence-corrected chi connectivity index (χ3v) is 4.45. The van der Waals surface area contributed by atoms with Gasteiger partial charge in [0.25, 0.3) is 0 Å². The Hall–Kier alpha value is 0.270. The fourth-order valence-corrected chi connectivity index (χ4v) is 2.79. The number of nitrogens with zero attached hydrogens (tertiary/aromatic N) is 2. The second-order valence-electron chi connectivity index (χ2n) is 5.21. The van der Waals surface area contributed by atoms with Gasteiger partial charge in [0.05, 0.1) is 0 Å². The minimum atomic E-state index is 0.773. The van der Waals surface area contributed by atoms with Gasteiger partial charge in [0.1, 0.15) is 0 Å². The Morgan fingerprint density at radius 3 is 2.20 bits per heavy atom. The number of rotatable bonds is 5. The maximum atomic E-state index is 2.66. The molecular weight excluding hydrogens is 204 g/mol. The molecular formula is C12H24N2S. The molecule has 1 heterocycles. The van der Waals surface area contributed by atoms with Crippen molar-refractivity contribution >= 4 is 11.8 Å². The predicted molar refractivity (Wildman–Crippen MR) is 68.3 cm³/mol. The molecule has 2 rings (SSSR count). The van der Waals surface area contributed by atoms with Crippen LogP contribution in [0.1, 0.15) is 26.7 Å². The van der Waals surface area contributed by atoms with E-state index >= 15 is 0 Å². The first kappa shape index (κ1) is 11.7. The molecule has 1 aliphatic heterocycles. The highest BCUT2D eigenvalue weighted by Gasteiger charge is 2.26. The van der Waals surface area contributed by atoms with Crippen LogP contribution in [-0.4, -0.2) is 53.7 Å². The third-order valence-electron chi connectivity index (χ3n) is 3.27. The van der Waals surface area contributed by atoms with E-state index < -0.39 is 0 Å². The first-order chi connectivity index (χ1) is 7.24. The molecule has 0 aromatic rings. The number of hydrogen-bond acceptors (Lipinski definition) is 3. The Kier molecular flexibility index (Phi) is 4.35. The first-order valence-electron chi connectivity index (χ1n) is 6.30. The van der Waals surface area contributed by atoms with Crippen molar-refractivity contribution in [3.8, 4) is 0 Å². The summed E-state index contributed by atoms with van der Waals surface area (Å²) in [5.74, 6) is 2.29. The van der Waals surface area contributed by atoms with Crippen molar-refractivity contribution in [2.75, 3.05) is 38.6 Å². The highest BCUT2D eigenvalue weighted by atomic mass is 32.2. The van der Waals surface area contributed by atoms with Gasteiger partial charge in [0, 0.05) is 43.9 Å². The monoisotopic (exact) mass is 228 g/mol. The van der Waals surface area contributed by atoms with E-state index in [4.69, 9.17) is 0 Å². The zero-order valence-corrected chi connectivity index (χ0v) is 10.9. The molecule has 0 spiro atoms. The summed E-state index contributed by atoms with van der Waals surface area (Å²) in [5.41, 5.74) is 0. The lowest BCUT2D eigenvalue weighted by Gasteiger charge is -2.34.